The van der Waals surface area contributed by atoms with E-state index >= 15 is 0 Å². The number of allylic oxidation sites excluding steroid dienone is 1. The fraction of sp³-hybridized carbons (Fsp3) is 0.579. The average molecular weight is 381 g/mol. The van der Waals surface area contributed by atoms with Gasteiger partial charge >= 0.3 is 145 Å². The van der Waals surface area contributed by atoms with Gasteiger partial charge in [0.25, 0.3) is 0 Å². The van der Waals surface area contributed by atoms with Gasteiger partial charge in [-0.3, -0.25) is 0 Å². The summed E-state index contributed by atoms with van der Waals surface area (Å²) in [7, 11) is 1.72. The van der Waals surface area contributed by atoms with Crippen LogP contribution in [0.4, 0.5) is 0 Å². The predicted octanol–water partition coefficient (Wildman–Crippen LogP) is 2.17. The monoisotopic (exact) mass is 382 g/mol. The van der Waals surface area contributed by atoms with E-state index in [0.29, 0.717) is 5.92 Å². The first-order chi connectivity index (χ1) is 11.0. The standard InChI is InChI=1S/C19H26O3Se/c1-12(2)17-15-10-13(3)19(16(17)11-20,22-18(15)21-4)23-14-8-6-5-7-9-14/h5-9,13,15-18,20H,1,10-11H2,2-4H3/t13-,15-,16+,17-,18+,19?/m1/s1. The van der Waals surface area contributed by atoms with Crippen LogP contribution in [-0.4, -0.2) is 44.6 Å². The molecule has 3 nitrogen and oxygen atoms in total. The van der Waals surface area contributed by atoms with Gasteiger partial charge in [0, 0.05) is 0 Å². The van der Waals surface area contributed by atoms with Crippen molar-refractivity contribution in [2.45, 2.75) is 31.1 Å². The van der Waals surface area contributed by atoms with Crippen LogP contribution in [0, 0.1) is 23.7 Å². The van der Waals surface area contributed by atoms with Crippen molar-refractivity contribution in [1.29, 1.82) is 0 Å². The molecule has 0 amide bonds. The molecular weight excluding hydrogens is 355 g/mol. The Morgan fingerprint density at radius 2 is 2.13 bits per heavy atom. The van der Waals surface area contributed by atoms with Gasteiger partial charge in [-0.1, -0.05) is 0 Å². The predicted molar refractivity (Wildman–Crippen MR) is 92.6 cm³/mol. The minimum absolute atomic E-state index is 0.0976. The second-order valence-corrected chi connectivity index (χ2v) is 9.58. The Bertz CT molecular complexity index is 561. The van der Waals surface area contributed by atoms with Crippen LogP contribution in [0.3, 0.4) is 0 Å². The van der Waals surface area contributed by atoms with Gasteiger partial charge in [0.05, 0.1) is 0 Å². The first-order valence-corrected chi connectivity index (χ1v) is 9.95. The summed E-state index contributed by atoms with van der Waals surface area (Å²) in [5.74, 6) is 1.06. The maximum atomic E-state index is 10.2. The van der Waals surface area contributed by atoms with E-state index in [0.717, 1.165) is 12.0 Å². The van der Waals surface area contributed by atoms with E-state index in [9.17, 15) is 5.11 Å². The first-order valence-electron chi connectivity index (χ1n) is 8.24. The topological polar surface area (TPSA) is 38.7 Å². The van der Waals surface area contributed by atoms with Crippen LogP contribution >= 0.6 is 0 Å². The van der Waals surface area contributed by atoms with Crippen LogP contribution in [-0.2, 0) is 9.47 Å². The summed E-state index contributed by atoms with van der Waals surface area (Å²) in [6.45, 7) is 8.70. The summed E-state index contributed by atoms with van der Waals surface area (Å²) in [6, 6.07) is 10.5. The normalized spacial score (nSPS) is 39.4. The molecule has 2 aliphatic heterocycles. The number of aliphatic hydroxyl groups excluding tert-OH is 1. The molecule has 23 heavy (non-hydrogen) atoms. The molecule has 1 N–H and O–H groups in total. The molecule has 2 saturated heterocycles. The van der Waals surface area contributed by atoms with Crippen molar-refractivity contribution >= 4 is 19.4 Å². The minimum atomic E-state index is -0.331. The SMILES string of the molecule is C=C(C)[C@@H]1[C@H]2C[C@@H](C)C([Se]c3ccccc3)(O[C@@H]2OC)[C@H]1CO. The van der Waals surface area contributed by atoms with Crippen molar-refractivity contribution in [1.82, 2.24) is 0 Å². The molecule has 6 atom stereocenters. The molecule has 1 aromatic rings. The van der Waals surface area contributed by atoms with E-state index in [-0.39, 0.29) is 50.1 Å². The molecule has 4 rings (SSSR count). The van der Waals surface area contributed by atoms with E-state index in [4.69, 9.17) is 9.47 Å². The fourth-order valence-electron chi connectivity index (χ4n) is 4.43. The van der Waals surface area contributed by atoms with Crippen LogP contribution in [0.5, 0.6) is 0 Å². The van der Waals surface area contributed by atoms with Crippen molar-refractivity contribution in [3.63, 3.8) is 0 Å². The molecule has 0 radical (unpaired) electrons. The molecule has 3 fully saturated rings. The Hall–Kier alpha value is -0.641. The van der Waals surface area contributed by atoms with Crippen LogP contribution in [0.2, 0.25) is 0 Å². The summed E-state index contributed by atoms with van der Waals surface area (Å²) in [4.78, 5) is 0. The van der Waals surface area contributed by atoms with Crippen molar-refractivity contribution < 1.29 is 14.6 Å². The van der Waals surface area contributed by atoms with E-state index in [1.165, 1.54) is 4.46 Å². The van der Waals surface area contributed by atoms with Gasteiger partial charge in [0.15, 0.2) is 0 Å². The van der Waals surface area contributed by atoms with Crippen molar-refractivity contribution in [3.8, 4) is 0 Å². The van der Waals surface area contributed by atoms with Crippen LogP contribution in [0.15, 0.2) is 42.5 Å². The number of hydrogen-bond acceptors (Lipinski definition) is 3. The van der Waals surface area contributed by atoms with Crippen molar-refractivity contribution in [2.24, 2.45) is 23.7 Å². The molecule has 1 aromatic carbocycles. The third-order valence-corrected chi connectivity index (χ3v) is 8.81. The quantitative estimate of drug-likeness (QED) is 0.628. The van der Waals surface area contributed by atoms with Gasteiger partial charge in [0.2, 0.25) is 0 Å². The number of ether oxygens (including phenoxy) is 2. The Morgan fingerprint density at radius 3 is 2.70 bits per heavy atom. The van der Waals surface area contributed by atoms with Crippen molar-refractivity contribution in [3.05, 3.63) is 42.5 Å². The van der Waals surface area contributed by atoms with Gasteiger partial charge in [-0.05, 0) is 0 Å². The molecular formula is C19H26O3Se. The zero-order valence-electron chi connectivity index (χ0n) is 14.1. The second-order valence-electron chi connectivity index (χ2n) is 6.82. The van der Waals surface area contributed by atoms with Crippen LogP contribution < -0.4 is 4.46 Å². The van der Waals surface area contributed by atoms with Gasteiger partial charge in [0.1, 0.15) is 0 Å². The van der Waals surface area contributed by atoms with Crippen LogP contribution in [0.25, 0.3) is 0 Å². The zero-order valence-corrected chi connectivity index (χ0v) is 15.8. The molecule has 1 saturated carbocycles. The summed E-state index contributed by atoms with van der Waals surface area (Å²) >= 11 is 0.108. The van der Waals surface area contributed by atoms with Crippen molar-refractivity contribution in [2.75, 3.05) is 13.7 Å². The van der Waals surface area contributed by atoms with Gasteiger partial charge in [-0.25, -0.2) is 0 Å². The Kier molecular flexibility index (Phi) is 5.01. The molecule has 3 aliphatic rings. The third kappa shape index (κ3) is 2.81. The van der Waals surface area contributed by atoms with E-state index in [1.807, 2.05) is 6.07 Å². The van der Waals surface area contributed by atoms with Gasteiger partial charge in [-0.2, -0.15) is 0 Å². The summed E-state index contributed by atoms with van der Waals surface area (Å²) in [6.07, 6.45) is 0.877. The summed E-state index contributed by atoms with van der Waals surface area (Å²) < 4.78 is 13.2. The Morgan fingerprint density at radius 1 is 1.43 bits per heavy atom. The van der Waals surface area contributed by atoms with E-state index in [1.54, 1.807) is 7.11 Å². The Balaban J connectivity index is 2.03. The van der Waals surface area contributed by atoms with E-state index in [2.05, 4.69) is 44.7 Å². The molecule has 4 heteroatoms. The molecule has 1 aliphatic carbocycles. The average Bonchev–Trinajstić information content (AvgIpc) is 2.55. The first kappa shape index (κ1) is 17.2. The molecule has 126 valence electrons. The Labute approximate surface area is 145 Å². The number of fused-ring (bicyclic) bond motifs is 3. The fourth-order valence-corrected chi connectivity index (χ4v) is 7.53. The third-order valence-electron chi connectivity index (χ3n) is 5.39. The molecule has 1 unspecified atom stereocenters. The number of benzene rings is 1. The second kappa shape index (κ2) is 6.70. The number of aliphatic hydroxyl groups is 1. The number of hydrogen-bond donors (Lipinski definition) is 1. The molecule has 2 heterocycles. The zero-order chi connectivity index (χ0) is 16.6. The van der Waals surface area contributed by atoms with Crippen LogP contribution in [0.1, 0.15) is 20.3 Å². The molecule has 0 spiro atoms. The van der Waals surface area contributed by atoms with Gasteiger partial charge < -0.3 is 0 Å². The molecule has 0 aromatic heterocycles. The molecule has 2 bridgehead atoms. The maximum absolute atomic E-state index is 10.2. The number of rotatable bonds is 5. The summed E-state index contributed by atoms with van der Waals surface area (Å²) in [5, 5.41) is 10.2. The van der Waals surface area contributed by atoms with E-state index < -0.39 is 0 Å². The summed E-state index contributed by atoms with van der Waals surface area (Å²) in [5.41, 5.74) is 1.14. The van der Waals surface area contributed by atoms with Gasteiger partial charge in [-0.15, -0.1) is 0 Å². The number of methoxy groups -OCH3 is 1.